The van der Waals surface area contributed by atoms with Crippen LogP contribution in [0.15, 0.2) is 18.2 Å². The Morgan fingerprint density at radius 2 is 2.18 bits per heavy atom. The molecule has 0 radical (unpaired) electrons. The fraction of sp³-hybridized carbons (Fsp3) is 0.417. The first kappa shape index (κ1) is 13.4. The minimum atomic E-state index is -1.13. The Morgan fingerprint density at radius 3 is 2.76 bits per heavy atom. The molecule has 0 aliphatic heterocycles. The van der Waals surface area contributed by atoms with Crippen molar-refractivity contribution < 1.29 is 14.3 Å². The molecule has 0 aliphatic rings. The van der Waals surface area contributed by atoms with Crippen molar-refractivity contribution in [3.05, 3.63) is 29.6 Å². The van der Waals surface area contributed by atoms with E-state index in [9.17, 15) is 9.18 Å². The topological polar surface area (TPSA) is 52.6 Å². The van der Waals surface area contributed by atoms with Gasteiger partial charge in [-0.3, -0.25) is 0 Å². The van der Waals surface area contributed by atoms with Crippen LogP contribution in [0.3, 0.4) is 0 Å². The molecule has 0 spiro atoms. The molecule has 5 heteroatoms. The summed E-state index contributed by atoms with van der Waals surface area (Å²) in [5, 5.41) is 11.8. The van der Waals surface area contributed by atoms with Crippen molar-refractivity contribution in [1.82, 2.24) is 4.90 Å². The predicted octanol–water partition coefficient (Wildman–Crippen LogP) is 1.89. The van der Waals surface area contributed by atoms with Gasteiger partial charge in [0.05, 0.1) is 11.3 Å². The zero-order valence-electron chi connectivity index (χ0n) is 10.0. The summed E-state index contributed by atoms with van der Waals surface area (Å²) in [6.07, 6.45) is 0.820. The summed E-state index contributed by atoms with van der Waals surface area (Å²) in [6.45, 7) is 1.41. The summed E-state index contributed by atoms with van der Waals surface area (Å²) in [4.78, 5) is 12.9. The lowest BCUT2D eigenvalue weighted by Gasteiger charge is -2.12. The fourth-order valence-corrected chi connectivity index (χ4v) is 1.49. The maximum absolute atomic E-state index is 13.5. The number of carboxylic acid groups (broad SMARTS) is 1. The summed E-state index contributed by atoms with van der Waals surface area (Å²) in [6, 6.07) is 4.03. The molecular weight excluding hydrogens is 223 g/mol. The SMILES string of the molecule is CN(C)CCCNc1c(F)cccc1C(=O)O. The molecule has 0 bridgehead atoms. The van der Waals surface area contributed by atoms with Crippen LogP contribution in [0.25, 0.3) is 0 Å². The predicted molar refractivity (Wildman–Crippen MR) is 65.0 cm³/mol. The van der Waals surface area contributed by atoms with Crippen LogP contribution < -0.4 is 5.32 Å². The molecule has 0 heterocycles. The van der Waals surface area contributed by atoms with Gasteiger partial charge in [-0.25, -0.2) is 9.18 Å². The number of rotatable bonds is 6. The number of nitrogens with zero attached hydrogens (tertiary/aromatic N) is 1. The van der Waals surface area contributed by atoms with E-state index in [4.69, 9.17) is 5.11 Å². The lowest BCUT2D eigenvalue weighted by Crippen LogP contribution is -2.17. The number of hydrogen-bond donors (Lipinski definition) is 2. The van der Waals surface area contributed by atoms with Crippen molar-refractivity contribution in [1.29, 1.82) is 0 Å². The minimum absolute atomic E-state index is 0.0325. The normalized spacial score (nSPS) is 10.6. The number of aromatic carboxylic acids is 1. The van der Waals surface area contributed by atoms with Crippen molar-refractivity contribution in [2.75, 3.05) is 32.5 Å². The first-order chi connectivity index (χ1) is 8.02. The summed E-state index contributed by atoms with van der Waals surface area (Å²) in [5.74, 6) is -1.66. The van der Waals surface area contributed by atoms with Crippen LogP contribution in [0.5, 0.6) is 0 Å². The van der Waals surface area contributed by atoms with Crippen molar-refractivity contribution in [3.63, 3.8) is 0 Å². The highest BCUT2D eigenvalue weighted by Gasteiger charge is 2.13. The van der Waals surface area contributed by atoms with Crippen LogP contribution in [0.4, 0.5) is 10.1 Å². The summed E-state index contributed by atoms with van der Waals surface area (Å²) < 4.78 is 13.5. The smallest absolute Gasteiger partial charge is 0.337 e. The Morgan fingerprint density at radius 1 is 1.47 bits per heavy atom. The number of carbonyl (C=O) groups is 1. The van der Waals surface area contributed by atoms with Gasteiger partial charge in [0.15, 0.2) is 0 Å². The number of nitrogens with one attached hydrogen (secondary N) is 1. The van der Waals surface area contributed by atoms with Gasteiger partial charge in [0.2, 0.25) is 0 Å². The monoisotopic (exact) mass is 240 g/mol. The summed E-state index contributed by atoms with van der Waals surface area (Å²) >= 11 is 0. The zero-order valence-corrected chi connectivity index (χ0v) is 10.0. The molecule has 0 saturated heterocycles. The Bertz CT molecular complexity index is 394. The number of para-hydroxylation sites is 1. The third kappa shape index (κ3) is 4.03. The van der Waals surface area contributed by atoms with E-state index in [0.717, 1.165) is 13.0 Å². The molecule has 0 fully saturated rings. The van der Waals surface area contributed by atoms with E-state index < -0.39 is 11.8 Å². The summed E-state index contributed by atoms with van der Waals surface area (Å²) in [5.41, 5.74) is 0.0357. The number of anilines is 1. The average molecular weight is 240 g/mol. The quantitative estimate of drug-likeness (QED) is 0.745. The van der Waals surface area contributed by atoms with Crippen molar-refractivity contribution in [2.45, 2.75) is 6.42 Å². The van der Waals surface area contributed by atoms with E-state index in [1.165, 1.54) is 18.2 Å². The largest absolute Gasteiger partial charge is 0.478 e. The molecule has 2 N–H and O–H groups in total. The van der Waals surface area contributed by atoms with E-state index >= 15 is 0 Å². The average Bonchev–Trinajstić information content (AvgIpc) is 2.25. The van der Waals surface area contributed by atoms with Crippen LogP contribution in [0.1, 0.15) is 16.8 Å². The van der Waals surface area contributed by atoms with E-state index in [1.807, 2.05) is 19.0 Å². The molecule has 0 aliphatic carbocycles. The van der Waals surface area contributed by atoms with Crippen LogP contribution >= 0.6 is 0 Å². The molecule has 0 aromatic heterocycles. The van der Waals surface area contributed by atoms with E-state index in [2.05, 4.69) is 5.32 Å². The Balaban J connectivity index is 2.66. The fourth-order valence-electron chi connectivity index (χ4n) is 1.49. The van der Waals surface area contributed by atoms with Gasteiger partial charge < -0.3 is 15.3 Å². The van der Waals surface area contributed by atoms with Crippen LogP contribution in [-0.4, -0.2) is 43.2 Å². The van der Waals surface area contributed by atoms with Crippen molar-refractivity contribution in [2.24, 2.45) is 0 Å². The van der Waals surface area contributed by atoms with Gasteiger partial charge in [0.25, 0.3) is 0 Å². The third-order valence-corrected chi connectivity index (χ3v) is 2.33. The van der Waals surface area contributed by atoms with Gasteiger partial charge in [-0.15, -0.1) is 0 Å². The van der Waals surface area contributed by atoms with Crippen LogP contribution in [0.2, 0.25) is 0 Å². The van der Waals surface area contributed by atoms with Gasteiger partial charge in [-0.05, 0) is 39.2 Å². The maximum atomic E-state index is 13.5. The van der Waals surface area contributed by atoms with Gasteiger partial charge >= 0.3 is 5.97 Å². The molecule has 1 aromatic rings. The van der Waals surface area contributed by atoms with Gasteiger partial charge in [0.1, 0.15) is 5.82 Å². The molecule has 0 unspecified atom stereocenters. The highest BCUT2D eigenvalue weighted by atomic mass is 19.1. The Labute approximate surface area is 100 Å². The molecule has 4 nitrogen and oxygen atoms in total. The molecular formula is C12H17FN2O2. The molecule has 94 valence electrons. The maximum Gasteiger partial charge on any atom is 0.337 e. The third-order valence-electron chi connectivity index (χ3n) is 2.33. The molecule has 1 aromatic carbocycles. The first-order valence-electron chi connectivity index (χ1n) is 5.42. The van der Waals surface area contributed by atoms with Gasteiger partial charge in [0, 0.05) is 6.54 Å². The van der Waals surface area contributed by atoms with E-state index in [0.29, 0.717) is 6.54 Å². The summed E-state index contributed by atoms with van der Waals surface area (Å²) in [7, 11) is 3.90. The number of halogens is 1. The lowest BCUT2D eigenvalue weighted by molar-refractivity contribution is 0.0697. The highest BCUT2D eigenvalue weighted by molar-refractivity contribution is 5.94. The van der Waals surface area contributed by atoms with E-state index in [1.54, 1.807) is 0 Å². The van der Waals surface area contributed by atoms with Crippen LogP contribution in [-0.2, 0) is 0 Å². The number of benzene rings is 1. The van der Waals surface area contributed by atoms with Crippen molar-refractivity contribution in [3.8, 4) is 0 Å². The lowest BCUT2D eigenvalue weighted by atomic mass is 10.1. The zero-order chi connectivity index (χ0) is 12.8. The Kier molecular flexibility index (Phi) is 4.90. The second-order valence-corrected chi connectivity index (χ2v) is 4.05. The molecule has 0 amide bonds. The highest BCUT2D eigenvalue weighted by Crippen LogP contribution is 2.19. The van der Waals surface area contributed by atoms with Crippen molar-refractivity contribution >= 4 is 11.7 Å². The molecule has 17 heavy (non-hydrogen) atoms. The minimum Gasteiger partial charge on any atom is -0.478 e. The standard InChI is InChI=1S/C12H17FN2O2/c1-15(2)8-4-7-14-11-9(12(16)17)5-3-6-10(11)13/h3,5-6,14H,4,7-8H2,1-2H3,(H,16,17). The van der Waals surface area contributed by atoms with E-state index in [-0.39, 0.29) is 11.3 Å². The number of hydrogen-bond acceptors (Lipinski definition) is 3. The second kappa shape index (κ2) is 6.20. The molecule has 0 atom stereocenters. The number of carboxylic acids is 1. The van der Waals surface area contributed by atoms with Crippen LogP contribution in [0, 0.1) is 5.82 Å². The molecule has 0 saturated carbocycles. The Hall–Kier alpha value is -1.62. The second-order valence-electron chi connectivity index (χ2n) is 4.05. The first-order valence-corrected chi connectivity index (χ1v) is 5.42. The molecule has 1 rings (SSSR count). The van der Waals surface area contributed by atoms with Gasteiger partial charge in [-0.2, -0.15) is 0 Å². The van der Waals surface area contributed by atoms with Gasteiger partial charge in [-0.1, -0.05) is 6.07 Å².